The number of esters is 1. The quantitative estimate of drug-likeness (QED) is 0.122. The van der Waals surface area contributed by atoms with Crippen molar-refractivity contribution in [1.82, 2.24) is 16.1 Å². The zero-order chi connectivity index (χ0) is 28.6. The molecule has 1 aliphatic heterocycles. The zero-order valence-corrected chi connectivity index (χ0v) is 22.1. The highest BCUT2D eigenvalue weighted by atomic mass is 19.1. The van der Waals surface area contributed by atoms with Crippen molar-refractivity contribution in [2.75, 3.05) is 20.3 Å². The molecule has 0 unspecified atom stereocenters. The Bertz CT molecular complexity index is 1420. The molecule has 0 saturated carbocycles. The predicted octanol–water partition coefficient (Wildman–Crippen LogP) is 3.61. The van der Waals surface area contributed by atoms with Crippen molar-refractivity contribution in [2.24, 2.45) is 5.10 Å². The normalized spacial score (nSPS) is 15.8. The van der Waals surface area contributed by atoms with Crippen molar-refractivity contribution in [2.45, 2.75) is 26.1 Å². The van der Waals surface area contributed by atoms with E-state index < -0.39 is 24.3 Å². The number of nitrogens with zero attached hydrogens (tertiary/aromatic N) is 1. The molecule has 2 aromatic carbocycles. The molecular weight excluding hydrogens is 523 g/mol. The van der Waals surface area contributed by atoms with Crippen LogP contribution in [0, 0.1) is 5.82 Å². The summed E-state index contributed by atoms with van der Waals surface area (Å²) in [5.74, 6) is 0.752. The monoisotopic (exact) mass is 552 g/mol. The number of nitrogens with one attached hydrogen (secondary N) is 3. The number of hydrogen-bond donors (Lipinski definition) is 4. The van der Waals surface area contributed by atoms with Crippen LogP contribution in [0.5, 0.6) is 11.5 Å². The highest BCUT2D eigenvalue weighted by Gasteiger charge is 2.32. The molecule has 0 radical (unpaired) electrons. The lowest BCUT2D eigenvalue weighted by Crippen LogP contribution is -2.45. The van der Waals surface area contributed by atoms with Crippen molar-refractivity contribution in [3.63, 3.8) is 0 Å². The number of hydrazone groups is 1. The van der Waals surface area contributed by atoms with E-state index in [1.807, 2.05) is 0 Å². The Hall–Kier alpha value is -4.84. The van der Waals surface area contributed by atoms with Gasteiger partial charge in [0.1, 0.15) is 23.9 Å². The van der Waals surface area contributed by atoms with Crippen molar-refractivity contribution < 1.29 is 37.7 Å². The van der Waals surface area contributed by atoms with Crippen LogP contribution < -0.4 is 25.5 Å². The summed E-state index contributed by atoms with van der Waals surface area (Å²) in [6.07, 6.45) is 0.218. The number of methoxy groups -OCH3 is 1. The van der Waals surface area contributed by atoms with Crippen LogP contribution in [0.1, 0.15) is 31.2 Å². The zero-order valence-electron chi connectivity index (χ0n) is 22.1. The number of halogens is 1. The van der Waals surface area contributed by atoms with Gasteiger partial charge in [-0.1, -0.05) is 6.07 Å². The predicted molar refractivity (Wildman–Crippen MR) is 143 cm³/mol. The van der Waals surface area contributed by atoms with Gasteiger partial charge in [0.15, 0.2) is 17.7 Å². The maximum Gasteiger partial charge on any atom is 0.337 e. The number of hydrogen-bond acceptors (Lipinski definition) is 9. The minimum atomic E-state index is -1.17. The first-order valence-corrected chi connectivity index (χ1v) is 12.4. The van der Waals surface area contributed by atoms with E-state index >= 15 is 0 Å². The number of benzene rings is 2. The van der Waals surface area contributed by atoms with Crippen LogP contribution >= 0.6 is 0 Å². The number of furan rings is 1. The molecule has 210 valence electrons. The van der Waals surface area contributed by atoms with E-state index in [9.17, 15) is 19.1 Å². The Balaban J connectivity index is 1.39. The van der Waals surface area contributed by atoms with Crippen molar-refractivity contribution >= 4 is 18.2 Å². The van der Waals surface area contributed by atoms with Crippen LogP contribution in [0.3, 0.4) is 0 Å². The first-order chi connectivity index (χ1) is 19.3. The summed E-state index contributed by atoms with van der Waals surface area (Å²) in [5, 5.41) is 19.6. The fourth-order valence-corrected chi connectivity index (χ4v) is 4.00. The van der Waals surface area contributed by atoms with Gasteiger partial charge in [-0.3, -0.25) is 5.43 Å². The molecule has 0 fully saturated rings. The van der Waals surface area contributed by atoms with Gasteiger partial charge in [-0.15, -0.1) is 0 Å². The molecule has 0 aliphatic carbocycles. The molecule has 1 aromatic heterocycles. The highest BCUT2D eigenvalue weighted by Crippen LogP contribution is 2.35. The summed E-state index contributed by atoms with van der Waals surface area (Å²) in [4.78, 5) is 24.5. The smallest absolute Gasteiger partial charge is 0.337 e. The molecule has 40 heavy (non-hydrogen) atoms. The standard InChI is InChI=1S/C28H29FN4O7/c1-4-38-23-13-18(26-25(27(35)37-3)16(2)31-28(36)32-26)7-11-22(23)39-15-24(34)33-30-14-20-10-12-21(40-20)17-5-8-19(29)9-6-17/h5-14,24,26,33-34H,4,15H2,1-3H3,(H2,31,32,36)/b30-14-/t24-,26-/m0/s1. The number of rotatable bonds is 11. The number of carbonyl (C=O) groups is 2. The highest BCUT2D eigenvalue weighted by molar-refractivity contribution is 5.95. The summed E-state index contributed by atoms with van der Waals surface area (Å²) >= 11 is 0. The molecule has 4 rings (SSSR count). The van der Waals surface area contributed by atoms with E-state index in [1.54, 1.807) is 56.3 Å². The van der Waals surface area contributed by atoms with Crippen LogP contribution in [-0.2, 0) is 9.53 Å². The number of carbonyl (C=O) groups excluding carboxylic acids is 2. The molecule has 12 heteroatoms. The van der Waals surface area contributed by atoms with Crippen molar-refractivity contribution in [1.29, 1.82) is 0 Å². The average Bonchev–Trinajstić information content (AvgIpc) is 3.41. The Morgan fingerprint density at radius 1 is 1.18 bits per heavy atom. The second-order valence-electron chi connectivity index (χ2n) is 8.62. The molecule has 0 bridgehead atoms. The Labute approximate surface area is 229 Å². The van der Waals surface area contributed by atoms with Crippen molar-refractivity contribution in [3.8, 4) is 22.8 Å². The molecule has 11 nitrogen and oxygen atoms in total. The molecule has 4 N–H and O–H groups in total. The Kier molecular flexibility index (Phi) is 9.02. The number of aliphatic hydroxyl groups excluding tert-OH is 1. The van der Waals surface area contributed by atoms with Crippen LogP contribution in [0.15, 0.2) is 75.4 Å². The second kappa shape index (κ2) is 12.8. The topological polar surface area (TPSA) is 144 Å². The maximum atomic E-state index is 13.1. The van der Waals surface area contributed by atoms with Crippen LogP contribution in [0.2, 0.25) is 0 Å². The second-order valence-corrected chi connectivity index (χ2v) is 8.62. The average molecular weight is 553 g/mol. The third-order valence-electron chi connectivity index (χ3n) is 5.84. The molecule has 3 aromatic rings. The molecule has 2 atom stereocenters. The van der Waals surface area contributed by atoms with Gasteiger partial charge in [0.05, 0.1) is 31.5 Å². The number of urea groups is 1. The molecule has 0 saturated heterocycles. The fraction of sp³-hybridized carbons (Fsp3) is 0.250. The van der Waals surface area contributed by atoms with Gasteiger partial charge in [-0.05, 0) is 67.9 Å². The van der Waals surface area contributed by atoms with Gasteiger partial charge in [0.25, 0.3) is 0 Å². The van der Waals surface area contributed by atoms with Gasteiger partial charge in [-0.2, -0.15) is 5.10 Å². The van der Waals surface area contributed by atoms with Crippen LogP contribution in [0.4, 0.5) is 9.18 Å². The lowest BCUT2D eigenvalue weighted by atomic mass is 9.95. The molecular formula is C28H29FN4O7. The third-order valence-corrected chi connectivity index (χ3v) is 5.84. The first-order valence-electron chi connectivity index (χ1n) is 12.4. The summed E-state index contributed by atoms with van der Waals surface area (Å²) in [5.41, 5.74) is 4.48. The van der Waals surface area contributed by atoms with E-state index in [1.165, 1.54) is 25.5 Å². The Morgan fingerprint density at radius 3 is 2.67 bits per heavy atom. The molecule has 2 heterocycles. The molecule has 1 aliphatic rings. The van der Waals surface area contributed by atoms with E-state index in [2.05, 4.69) is 21.2 Å². The number of aliphatic hydroxyl groups is 1. The van der Waals surface area contributed by atoms with Gasteiger partial charge in [0, 0.05) is 11.3 Å². The first kappa shape index (κ1) is 28.2. The minimum Gasteiger partial charge on any atom is -0.490 e. The summed E-state index contributed by atoms with van der Waals surface area (Å²) < 4.78 is 35.1. The van der Waals surface area contributed by atoms with Crippen LogP contribution in [-0.4, -0.2) is 49.9 Å². The van der Waals surface area contributed by atoms with Crippen molar-refractivity contribution in [3.05, 3.63) is 83.0 Å². The third kappa shape index (κ3) is 6.77. The maximum absolute atomic E-state index is 13.1. The SMILES string of the molecule is CCOc1cc([C@@H]2NC(=O)NC(C)=C2C(=O)OC)ccc1OC[C@H](O)N/N=C\c1ccc(-c2ccc(F)cc2)o1. The van der Waals surface area contributed by atoms with Crippen LogP contribution in [0.25, 0.3) is 11.3 Å². The van der Waals surface area contributed by atoms with Gasteiger partial charge >= 0.3 is 12.0 Å². The summed E-state index contributed by atoms with van der Waals surface area (Å²) in [7, 11) is 1.27. The lowest BCUT2D eigenvalue weighted by Gasteiger charge is -2.28. The minimum absolute atomic E-state index is 0.174. The summed E-state index contributed by atoms with van der Waals surface area (Å²) in [6.45, 7) is 3.57. The summed E-state index contributed by atoms with van der Waals surface area (Å²) in [6, 6.07) is 13.1. The van der Waals surface area contributed by atoms with E-state index in [0.717, 1.165) is 0 Å². The van der Waals surface area contributed by atoms with Gasteiger partial charge in [-0.25, -0.2) is 14.0 Å². The Morgan fingerprint density at radius 2 is 1.95 bits per heavy atom. The van der Waals surface area contributed by atoms with E-state index in [-0.39, 0.29) is 18.0 Å². The number of amides is 2. The van der Waals surface area contributed by atoms with Gasteiger partial charge in [0.2, 0.25) is 0 Å². The molecule has 2 amide bonds. The van der Waals surface area contributed by atoms with Gasteiger partial charge < -0.3 is 34.4 Å². The number of allylic oxidation sites excluding steroid dienone is 1. The number of ether oxygens (including phenoxy) is 3. The molecule has 0 spiro atoms. The lowest BCUT2D eigenvalue weighted by molar-refractivity contribution is -0.136. The van der Waals surface area contributed by atoms with E-state index in [0.29, 0.717) is 46.5 Å². The van der Waals surface area contributed by atoms with E-state index in [4.69, 9.17) is 18.6 Å². The largest absolute Gasteiger partial charge is 0.490 e. The fourth-order valence-electron chi connectivity index (χ4n) is 4.00.